The van der Waals surface area contributed by atoms with E-state index in [0.29, 0.717) is 12.8 Å². The van der Waals surface area contributed by atoms with E-state index in [1.165, 1.54) is 6.92 Å². The maximum atomic E-state index is 10.3. The van der Waals surface area contributed by atoms with Gasteiger partial charge in [0.1, 0.15) is 12.4 Å². The van der Waals surface area contributed by atoms with Crippen LogP contribution in [0.3, 0.4) is 0 Å². The smallest absolute Gasteiger partial charge is 0.130 e. The molecule has 0 fully saturated rings. The fourth-order valence-corrected chi connectivity index (χ4v) is 0.383. The number of carbonyl (C=O) groups excluding carboxylic acids is 1. The summed E-state index contributed by atoms with van der Waals surface area (Å²) in [4.78, 5) is 10.3. The largest absolute Gasteiger partial charge is 0.384 e. The van der Waals surface area contributed by atoms with E-state index < -0.39 is 0 Å². The second-order valence-corrected chi connectivity index (χ2v) is 1.71. The highest BCUT2D eigenvalue weighted by molar-refractivity contribution is 5.75. The van der Waals surface area contributed by atoms with Crippen molar-refractivity contribution >= 4 is 5.78 Å². The molecule has 0 saturated carbocycles. The molecule has 2 nitrogen and oxygen atoms in total. The standard InChI is InChI=1S/C7H10O2/c1-7(9)5-3-2-4-6-8/h8H,3,5-6H2,1H3. The van der Waals surface area contributed by atoms with Gasteiger partial charge in [-0.15, -0.1) is 5.92 Å². The molecule has 0 radical (unpaired) electrons. The van der Waals surface area contributed by atoms with Crippen LogP contribution in [0, 0.1) is 11.8 Å². The molecule has 0 aromatic carbocycles. The van der Waals surface area contributed by atoms with Crippen LogP contribution in [-0.4, -0.2) is 17.5 Å². The third-order valence-electron chi connectivity index (χ3n) is 0.806. The van der Waals surface area contributed by atoms with Gasteiger partial charge in [-0.25, -0.2) is 0 Å². The van der Waals surface area contributed by atoms with Crippen molar-refractivity contribution in [2.24, 2.45) is 0 Å². The van der Waals surface area contributed by atoms with E-state index in [1.807, 2.05) is 0 Å². The average molecular weight is 126 g/mol. The Morgan fingerprint density at radius 3 is 2.67 bits per heavy atom. The molecule has 0 aromatic heterocycles. The minimum absolute atomic E-state index is 0.113. The summed E-state index contributed by atoms with van der Waals surface area (Å²) >= 11 is 0. The fraction of sp³-hybridized carbons (Fsp3) is 0.571. The third-order valence-corrected chi connectivity index (χ3v) is 0.806. The molecule has 0 heterocycles. The Morgan fingerprint density at radius 1 is 1.56 bits per heavy atom. The minimum Gasteiger partial charge on any atom is -0.384 e. The first kappa shape index (κ1) is 8.19. The summed E-state index contributed by atoms with van der Waals surface area (Å²) in [6.45, 7) is 1.42. The SMILES string of the molecule is CC(=O)CCC#CCO. The Labute approximate surface area is 54.9 Å². The van der Waals surface area contributed by atoms with E-state index in [-0.39, 0.29) is 12.4 Å². The molecule has 0 bridgehead atoms. The summed E-state index contributed by atoms with van der Waals surface area (Å²) in [6.07, 6.45) is 1.06. The lowest BCUT2D eigenvalue weighted by atomic mass is 10.2. The van der Waals surface area contributed by atoms with Gasteiger partial charge in [0.2, 0.25) is 0 Å². The molecule has 0 unspecified atom stereocenters. The molecule has 0 rings (SSSR count). The monoisotopic (exact) mass is 126 g/mol. The molecule has 0 aliphatic carbocycles. The maximum Gasteiger partial charge on any atom is 0.130 e. The van der Waals surface area contributed by atoms with Crippen molar-refractivity contribution in [3.8, 4) is 11.8 Å². The molecule has 0 saturated heterocycles. The van der Waals surface area contributed by atoms with Gasteiger partial charge in [0.05, 0.1) is 0 Å². The van der Waals surface area contributed by atoms with Crippen LogP contribution in [0.15, 0.2) is 0 Å². The molecule has 0 spiro atoms. The highest BCUT2D eigenvalue weighted by atomic mass is 16.2. The van der Waals surface area contributed by atoms with Gasteiger partial charge in [-0.1, -0.05) is 5.92 Å². The molecule has 0 atom stereocenters. The number of rotatable bonds is 2. The summed E-state index contributed by atoms with van der Waals surface area (Å²) in [5.74, 6) is 5.24. The number of carbonyl (C=O) groups is 1. The Balaban J connectivity index is 3.19. The predicted octanol–water partition coefficient (Wildman–Crippen LogP) is 0.351. The summed E-state index contributed by atoms with van der Waals surface area (Å²) in [5, 5.41) is 8.17. The second kappa shape index (κ2) is 5.33. The van der Waals surface area contributed by atoms with Crippen LogP contribution >= 0.6 is 0 Å². The summed E-state index contributed by atoms with van der Waals surface area (Å²) in [7, 11) is 0. The number of hydrogen-bond acceptors (Lipinski definition) is 2. The Bertz CT molecular complexity index is 139. The molecule has 0 aromatic rings. The second-order valence-electron chi connectivity index (χ2n) is 1.71. The molecular weight excluding hydrogens is 116 g/mol. The Hall–Kier alpha value is -0.810. The van der Waals surface area contributed by atoms with Crippen LogP contribution in [0.2, 0.25) is 0 Å². The first-order valence-electron chi connectivity index (χ1n) is 2.83. The van der Waals surface area contributed by atoms with Crippen LogP contribution < -0.4 is 0 Å². The zero-order chi connectivity index (χ0) is 7.11. The van der Waals surface area contributed by atoms with Crippen molar-refractivity contribution in [2.45, 2.75) is 19.8 Å². The van der Waals surface area contributed by atoms with Gasteiger partial charge in [-0.3, -0.25) is 4.79 Å². The van der Waals surface area contributed by atoms with E-state index in [2.05, 4.69) is 11.8 Å². The number of aliphatic hydroxyl groups is 1. The molecule has 2 heteroatoms. The van der Waals surface area contributed by atoms with E-state index in [9.17, 15) is 4.79 Å². The van der Waals surface area contributed by atoms with Crippen molar-refractivity contribution < 1.29 is 9.90 Å². The van der Waals surface area contributed by atoms with E-state index in [1.54, 1.807) is 0 Å². The fourth-order valence-electron chi connectivity index (χ4n) is 0.383. The van der Waals surface area contributed by atoms with Gasteiger partial charge in [0.25, 0.3) is 0 Å². The van der Waals surface area contributed by atoms with Gasteiger partial charge in [-0.2, -0.15) is 0 Å². The van der Waals surface area contributed by atoms with Gasteiger partial charge >= 0.3 is 0 Å². The highest BCUT2D eigenvalue weighted by Gasteiger charge is 1.86. The summed E-state index contributed by atoms with van der Waals surface area (Å²) in [5.41, 5.74) is 0. The number of ketones is 1. The molecular formula is C7H10O2. The van der Waals surface area contributed by atoms with Gasteiger partial charge in [0, 0.05) is 12.8 Å². The van der Waals surface area contributed by atoms with Gasteiger partial charge in [-0.05, 0) is 6.92 Å². The molecule has 0 aliphatic rings. The van der Waals surface area contributed by atoms with Crippen LogP contribution in [0.4, 0.5) is 0 Å². The number of Topliss-reactive ketones (excluding diaryl/α,β-unsaturated/α-hetero) is 1. The summed E-state index contributed by atoms with van der Waals surface area (Å²) < 4.78 is 0. The van der Waals surface area contributed by atoms with Crippen molar-refractivity contribution in [1.82, 2.24) is 0 Å². The Morgan fingerprint density at radius 2 is 2.22 bits per heavy atom. The highest BCUT2D eigenvalue weighted by Crippen LogP contribution is 1.85. The zero-order valence-corrected chi connectivity index (χ0v) is 5.48. The molecule has 0 amide bonds. The zero-order valence-electron chi connectivity index (χ0n) is 5.48. The predicted molar refractivity (Wildman–Crippen MR) is 34.8 cm³/mol. The first-order valence-corrected chi connectivity index (χ1v) is 2.83. The van der Waals surface area contributed by atoms with Crippen molar-refractivity contribution in [2.75, 3.05) is 6.61 Å². The molecule has 1 N–H and O–H groups in total. The molecule has 0 aliphatic heterocycles. The van der Waals surface area contributed by atoms with Crippen LogP contribution in [0.5, 0.6) is 0 Å². The van der Waals surface area contributed by atoms with Crippen molar-refractivity contribution in [3.63, 3.8) is 0 Å². The van der Waals surface area contributed by atoms with E-state index in [0.717, 1.165) is 0 Å². The van der Waals surface area contributed by atoms with Gasteiger partial charge < -0.3 is 5.11 Å². The minimum atomic E-state index is -0.113. The van der Waals surface area contributed by atoms with Gasteiger partial charge in [0.15, 0.2) is 0 Å². The topological polar surface area (TPSA) is 37.3 Å². The van der Waals surface area contributed by atoms with Crippen LogP contribution in [-0.2, 0) is 4.79 Å². The van der Waals surface area contributed by atoms with Crippen LogP contribution in [0.25, 0.3) is 0 Å². The normalized spacial score (nSPS) is 7.78. The molecule has 9 heavy (non-hydrogen) atoms. The quantitative estimate of drug-likeness (QED) is 0.542. The van der Waals surface area contributed by atoms with Crippen molar-refractivity contribution in [1.29, 1.82) is 0 Å². The lowest BCUT2D eigenvalue weighted by Gasteiger charge is -1.82. The molecule has 50 valence electrons. The maximum absolute atomic E-state index is 10.3. The number of aliphatic hydroxyl groups excluding tert-OH is 1. The summed E-state index contributed by atoms with van der Waals surface area (Å²) in [6, 6.07) is 0. The lowest BCUT2D eigenvalue weighted by molar-refractivity contribution is -0.116. The average Bonchev–Trinajstić information content (AvgIpc) is 1.80. The Kier molecular flexibility index (Phi) is 4.85. The van der Waals surface area contributed by atoms with E-state index >= 15 is 0 Å². The first-order chi connectivity index (χ1) is 4.27. The lowest BCUT2D eigenvalue weighted by Crippen LogP contribution is -1.86. The van der Waals surface area contributed by atoms with Crippen molar-refractivity contribution in [3.05, 3.63) is 0 Å². The third kappa shape index (κ3) is 7.19. The number of hydrogen-bond donors (Lipinski definition) is 1. The van der Waals surface area contributed by atoms with Crippen LogP contribution in [0.1, 0.15) is 19.8 Å². The van der Waals surface area contributed by atoms with E-state index in [4.69, 9.17) is 5.11 Å².